The molecule has 0 aliphatic carbocycles. The van der Waals surface area contributed by atoms with Crippen LogP contribution in [0.25, 0.3) is 0 Å². The van der Waals surface area contributed by atoms with E-state index in [1.807, 2.05) is 12.1 Å². The third kappa shape index (κ3) is 2.50. The Labute approximate surface area is 121 Å². The molecule has 98 valence electrons. The van der Waals surface area contributed by atoms with E-state index in [2.05, 4.69) is 45.7 Å². The van der Waals surface area contributed by atoms with Crippen molar-refractivity contribution in [3.63, 3.8) is 0 Å². The topological polar surface area (TPSA) is 41.6 Å². The van der Waals surface area contributed by atoms with Crippen molar-refractivity contribution in [2.24, 2.45) is 10.7 Å². The molecular weight excluding hydrogens is 314 g/mol. The highest BCUT2D eigenvalue weighted by molar-refractivity contribution is 9.10. The molecule has 0 saturated carbocycles. The summed E-state index contributed by atoms with van der Waals surface area (Å²) >= 11 is 9.49. The average molecular weight is 331 g/mol. The Morgan fingerprint density at radius 3 is 2.94 bits per heavy atom. The van der Waals surface area contributed by atoms with Crippen molar-refractivity contribution in [2.45, 2.75) is 32.4 Å². The maximum Gasteiger partial charge on any atom is 0.192 e. The van der Waals surface area contributed by atoms with E-state index in [4.69, 9.17) is 17.3 Å². The molecule has 3 nitrogen and oxygen atoms in total. The lowest BCUT2D eigenvalue weighted by molar-refractivity contribution is 0.268. The van der Waals surface area contributed by atoms with E-state index in [0.29, 0.717) is 18.5 Å². The van der Waals surface area contributed by atoms with Crippen LogP contribution in [0, 0.1) is 0 Å². The van der Waals surface area contributed by atoms with Crippen LogP contribution >= 0.6 is 27.5 Å². The second-order valence-electron chi connectivity index (χ2n) is 4.55. The van der Waals surface area contributed by atoms with Gasteiger partial charge in [0.1, 0.15) is 0 Å². The van der Waals surface area contributed by atoms with Crippen molar-refractivity contribution in [1.82, 2.24) is 4.90 Å². The Bertz CT molecular complexity index is 475. The molecule has 1 aliphatic heterocycles. The van der Waals surface area contributed by atoms with Gasteiger partial charge >= 0.3 is 0 Å². The first-order valence-electron chi connectivity index (χ1n) is 6.07. The highest BCUT2D eigenvalue weighted by Gasteiger charge is 2.30. The Balaban J connectivity index is 2.30. The second kappa shape index (κ2) is 5.49. The molecule has 2 atom stereocenters. The van der Waals surface area contributed by atoms with Crippen molar-refractivity contribution in [3.8, 4) is 0 Å². The fourth-order valence-corrected chi connectivity index (χ4v) is 2.74. The number of hydrogen-bond acceptors (Lipinski definition) is 3. The van der Waals surface area contributed by atoms with Gasteiger partial charge in [0.25, 0.3) is 0 Å². The van der Waals surface area contributed by atoms with Gasteiger partial charge in [0.15, 0.2) is 5.96 Å². The molecule has 0 aromatic heterocycles. The normalized spacial score (nSPS) is 21.0. The molecule has 0 saturated heterocycles. The molecule has 1 aliphatic rings. The summed E-state index contributed by atoms with van der Waals surface area (Å²) in [6.07, 6.45) is 1.04. The number of rotatable bonds is 3. The zero-order valence-corrected chi connectivity index (χ0v) is 12.9. The van der Waals surface area contributed by atoms with Crippen molar-refractivity contribution in [1.29, 1.82) is 0 Å². The van der Waals surface area contributed by atoms with Crippen LogP contribution in [0.4, 0.5) is 0 Å². The number of hydrogen-bond donors (Lipinski definition) is 1. The molecule has 1 heterocycles. The molecular formula is C13H17BrClN3. The molecule has 0 spiro atoms. The number of benzene rings is 1. The predicted octanol–water partition coefficient (Wildman–Crippen LogP) is 3.57. The zero-order chi connectivity index (χ0) is 13.3. The van der Waals surface area contributed by atoms with Gasteiger partial charge in [0, 0.05) is 10.5 Å². The lowest BCUT2D eigenvalue weighted by Crippen LogP contribution is -2.42. The largest absolute Gasteiger partial charge is 0.370 e. The molecule has 1 aromatic rings. The van der Waals surface area contributed by atoms with Gasteiger partial charge in [-0.25, -0.2) is 0 Å². The van der Waals surface area contributed by atoms with Crippen molar-refractivity contribution < 1.29 is 0 Å². The van der Waals surface area contributed by atoms with Crippen molar-refractivity contribution in [2.75, 3.05) is 6.54 Å². The fraction of sp³-hybridized carbons (Fsp3) is 0.462. The third-order valence-corrected chi connectivity index (χ3v) is 4.63. The Morgan fingerprint density at radius 1 is 1.61 bits per heavy atom. The number of nitrogens with two attached hydrogens (primary N) is 1. The van der Waals surface area contributed by atoms with E-state index >= 15 is 0 Å². The minimum absolute atomic E-state index is 0.216. The molecule has 0 amide bonds. The first-order chi connectivity index (χ1) is 8.54. The van der Waals surface area contributed by atoms with E-state index in [9.17, 15) is 0 Å². The predicted molar refractivity (Wildman–Crippen MR) is 80.0 cm³/mol. The number of aliphatic imine (C=N–C) groups is 1. The van der Waals surface area contributed by atoms with Crippen molar-refractivity contribution >= 4 is 33.5 Å². The zero-order valence-electron chi connectivity index (χ0n) is 10.5. The van der Waals surface area contributed by atoms with Crippen LogP contribution < -0.4 is 5.73 Å². The molecule has 2 rings (SSSR count). The van der Waals surface area contributed by atoms with Crippen LogP contribution in [0.15, 0.2) is 27.7 Å². The monoisotopic (exact) mass is 329 g/mol. The molecule has 0 bridgehead atoms. The highest BCUT2D eigenvalue weighted by atomic mass is 79.9. The quantitative estimate of drug-likeness (QED) is 0.920. The van der Waals surface area contributed by atoms with E-state index < -0.39 is 0 Å². The minimum Gasteiger partial charge on any atom is -0.370 e. The lowest BCUT2D eigenvalue weighted by atomic mass is 10.0. The summed E-state index contributed by atoms with van der Waals surface area (Å²) in [5, 5.41) is 0.723. The lowest BCUT2D eigenvalue weighted by Gasteiger charge is -2.32. The van der Waals surface area contributed by atoms with Gasteiger partial charge < -0.3 is 10.6 Å². The summed E-state index contributed by atoms with van der Waals surface area (Å²) in [5.41, 5.74) is 7.18. The van der Waals surface area contributed by atoms with Gasteiger partial charge in [-0.2, -0.15) is 0 Å². The van der Waals surface area contributed by atoms with Gasteiger partial charge in [-0.05, 0) is 47.0 Å². The summed E-state index contributed by atoms with van der Waals surface area (Å²) in [6.45, 7) is 5.04. The fourth-order valence-electron chi connectivity index (χ4n) is 2.22. The average Bonchev–Trinajstić information content (AvgIpc) is 2.74. The maximum absolute atomic E-state index is 6.03. The van der Waals surface area contributed by atoms with Crippen molar-refractivity contribution in [3.05, 3.63) is 33.3 Å². The number of guanidine groups is 1. The molecule has 18 heavy (non-hydrogen) atoms. The summed E-state index contributed by atoms with van der Waals surface area (Å²) in [4.78, 5) is 6.56. The van der Waals surface area contributed by atoms with Gasteiger partial charge in [-0.1, -0.05) is 24.6 Å². The van der Waals surface area contributed by atoms with E-state index in [1.165, 1.54) is 5.56 Å². The summed E-state index contributed by atoms with van der Waals surface area (Å²) in [7, 11) is 0. The van der Waals surface area contributed by atoms with Crippen LogP contribution in [0.5, 0.6) is 0 Å². The Kier molecular flexibility index (Phi) is 4.17. The van der Waals surface area contributed by atoms with Crippen LogP contribution in [0.1, 0.15) is 31.9 Å². The SMILES string of the molecule is CCC(C)N1C(N)=NCC1c1ccc(Cl)c(Br)c1. The van der Waals surface area contributed by atoms with Crippen LogP contribution in [-0.2, 0) is 0 Å². The van der Waals surface area contributed by atoms with Crippen LogP contribution in [-0.4, -0.2) is 23.4 Å². The van der Waals surface area contributed by atoms with Crippen LogP contribution in [0.2, 0.25) is 5.02 Å². The third-order valence-electron chi connectivity index (χ3n) is 3.42. The van der Waals surface area contributed by atoms with Gasteiger partial charge in [0.2, 0.25) is 0 Å². The summed E-state index contributed by atoms with van der Waals surface area (Å²) in [5.74, 6) is 0.639. The first kappa shape index (κ1) is 13.7. The Morgan fingerprint density at radius 2 is 2.33 bits per heavy atom. The standard InChI is InChI=1S/C13H17BrClN3/c1-3-8(2)18-12(7-17-13(18)16)9-4-5-11(15)10(14)6-9/h4-6,8,12H,3,7H2,1-2H3,(H2,16,17). The van der Waals surface area contributed by atoms with Gasteiger partial charge in [-0.3, -0.25) is 4.99 Å². The molecule has 0 radical (unpaired) electrons. The molecule has 5 heteroatoms. The molecule has 1 aromatic carbocycles. The smallest absolute Gasteiger partial charge is 0.192 e. The summed E-state index contributed by atoms with van der Waals surface area (Å²) in [6, 6.07) is 6.60. The van der Waals surface area contributed by atoms with E-state index in [1.54, 1.807) is 0 Å². The second-order valence-corrected chi connectivity index (χ2v) is 5.81. The van der Waals surface area contributed by atoms with Crippen LogP contribution in [0.3, 0.4) is 0 Å². The number of nitrogens with zero attached hydrogens (tertiary/aromatic N) is 2. The highest BCUT2D eigenvalue weighted by Crippen LogP contribution is 2.32. The molecule has 2 N–H and O–H groups in total. The van der Waals surface area contributed by atoms with Gasteiger partial charge in [0.05, 0.1) is 17.6 Å². The Hall–Kier alpha value is -0.740. The van der Waals surface area contributed by atoms with E-state index in [0.717, 1.165) is 15.9 Å². The minimum atomic E-state index is 0.216. The number of halogens is 2. The molecule has 2 unspecified atom stereocenters. The molecule has 0 fully saturated rings. The first-order valence-corrected chi connectivity index (χ1v) is 7.25. The van der Waals surface area contributed by atoms with E-state index in [-0.39, 0.29) is 6.04 Å². The van der Waals surface area contributed by atoms with Gasteiger partial charge in [-0.15, -0.1) is 0 Å². The maximum atomic E-state index is 6.03. The summed E-state index contributed by atoms with van der Waals surface area (Å²) < 4.78 is 0.913.